The monoisotopic (exact) mass is 453 g/mol. The number of ether oxygens (including phenoxy) is 1. The largest absolute Gasteiger partial charge is 0.493 e. The fourth-order valence-electron chi connectivity index (χ4n) is 4.30. The lowest BCUT2D eigenvalue weighted by atomic mass is 9.94. The molecule has 6 nitrogen and oxygen atoms in total. The van der Waals surface area contributed by atoms with Gasteiger partial charge in [0.2, 0.25) is 5.91 Å². The van der Waals surface area contributed by atoms with E-state index in [4.69, 9.17) is 4.74 Å². The minimum absolute atomic E-state index is 0.0323. The number of anilines is 1. The molecule has 178 valence electrons. The molecule has 2 aromatic rings. The van der Waals surface area contributed by atoms with E-state index >= 15 is 0 Å². The van der Waals surface area contributed by atoms with Crippen LogP contribution in [0.15, 0.2) is 42.5 Å². The lowest BCUT2D eigenvalue weighted by Crippen LogP contribution is -2.34. The Morgan fingerprint density at radius 2 is 1.88 bits per heavy atom. The molecule has 1 amide bonds. The Kier molecular flexibility index (Phi) is 8.23. The molecule has 0 saturated carbocycles. The van der Waals surface area contributed by atoms with Crippen molar-refractivity contribution >= 4 is 17.6 Å². The summed E-state index contributed by atoms with van der Waals surface area (Å²) in [6.07, 6.45) is 3.99. The highest BCUT2D eigenvalue weighted by Crippen LogP contribution is 2.32. The topological polar surface area (TPSA) is 78.9 Å². The van der Waals surface area contributed by atoms with Crippen molar-refractivity contribution in [1.29, 1.82) is 0 Å². The molecule has 3 rings (SSSR count). The van der Waals surface area contributed by atoms with Gasteiger partial charge in [-0.25, -0.2) is 4.79 Å². The molecule has 1 fully saturated rings. The lowest BCUT2D eigenvalue weighted by Gasteiger charge is -2.33. The van der Waals surface area contributed by atoms with Gasteiger partial charge in [0, 0.05) is 18.8 Å². The van der Waals surface area contributed by atoms with Crippen molar-refractivity contribution in [3.8, 4) is 5.75 Å². The van der Waals surface area contributed by atoms with Crippen molar-refractivity contribution < 1.29 is 20.8 Å². The minimum atomic E-state index is -1.27. The number of aromatic carboxylic acids is 1. The van der Waals surface area contributed by atoms with E-state index in [2.05, 4.69) is 30.1 Å². The first-order chi connectivity index (χ1) is 16.2. The zero-order valence-electron chi connectivity index (χ0n) is 20.9. The second-order valence-electron chi connectivity index (χ2n) is 8.94. The summed E-state index contributed by atoms with van der Waals surface area (Å²) in [4.78, 5) is 26.9. The molecule has 2 N–H and O–H groups in total. The van der Waals surface area contributed by atoms with Crippen molar-refractivity contribution in [2.45, 2.75) is 58.9 Å². The molecule has 0 aliphatic carbocycles. The molecule has 0 aromatic heterocycles. The van der Waals surface area contributed by atoms with Crippen LogP contribution in [0, 0.1) is 5.92 Å². The van der Waals surface area contributed by atoms with Gasteiger partial charge in [-0.3, -0.25) is 4.79 Å². The number of nitrogens with one attached hydrogen (secondary N) is 1. The molecule has 2 aromatic carbocycles. The van der Waals surface area contributed by atoms with E-state index in [-0.39, 0.29) is 29.6 Å². The standard InChI is InChI=1S/C27H36N2O4/c1-4-33-25-17-20(12-13-22(25)27(31)32)18-26(30)28-23(16-19(2)3)21-10-6-7-11-24(21)29-14-8-5-9-15-29/h6-7,10-13,17,19,23H,4-5,8-9,14-16,18H2,1-3H3,(H,28,30)(H,31,32)/t23-/m0/s1/i23D. The number of carbonyl (C=O) groups excluding carboxylic acids is 1. The van der Waals surface area contributed by atoms with Gasteiger partial charge in [0.25, 0.3) is 0 Å². The summed E-state index contributed by atoms with van der Waals surface area (Å²) in [7, 11) is 0. The number of benzene rings is 2. The number of carboxylic acids is 1. The normalized spacial score (nSPS) is 16.1. The molecule has 1 aliphatic heterocycles. The van der Waals surface area contributed by atoms with E-state index < -0.39 is 12.0 Å². The first-order valence-electron chi connectivity index (χ1n) is 12.4. The summed E-state index contributed by atoms with van der Waals surface area (Å²) in [6.45, 7) is 8.13. The number of rotatable bonds is 10. The van der Waals surface area contributed by atoms with E-state index in [9.17, 15) is 16.1 Å². The second-order valence-corrected chi connectivity index (χ2v) is 8.94. The van der Waals surface area contributed by atoms with E-state index in [0.29, 0.717) is 18.6 Å². The molecule has 33 heavy (non-hydrogen) atoms. The van der Waals surface area contributed by atoms with Crippen LogP contribution >= 0.6 is 0 Å². The van der Waals surface area contributed by atoms with E-state index in [1.165, 1.54) is 12.5 Å². The summed E-state index contributed by atoms with van der Waals surface area (Å²) in [5, 5.41) is 12.4. The van der Waals surface area contributed by atoms with Gasteiger partial charge in [-0.1, -0.05) is 38.1 Å². The van der Waals surface area contributed by atoms with Crippen molar-refractivity contribution in [1.82, 2.24) is 5.32 Å². The number of carboxylic acid groups (broad SMARTS) is 1. The molecular formula is C27H36N2O4. The van der Waals surface area contributed by atoms with Crippen molar-refractivity contribution in [2.24, 2.45) is 5.92 Å². The predicted octanol–water partition coefficient (Wildman–Crippen LogP) is 5.22. The van der Waals surface area contributed by atoms with E-state index in [1.807, 2.05) is 18.2 Å². The van der Waals surface area contributed by atoms with Crippen molar-refractivity contribution in [2.75, 3.05) is 24.6 Å². The third kappa shape index (κ3) is 6.73. The zero-order valence-corrected chi connectivity index (χ0v) is 19.9. The molecule has 6 heteroatoms. The zero-order chi connectivity index (χ0) is 24.7. The molecule has 0 bridgehead atoms. The second kappa shape index (κ2) is 11.7. The summed E-state index contributed by atoms with van der Waals surface area (Å²) in [6, 6.07) is 11.3. The maximum absolute atomic E-state index is 13.2. The van der Waals surface area contributed by atoms with Gasteiger partial charge in [0.15, 0.2) is 0 Å². The van der Waals surface area contributed by atoms with Gasteiger partial charge in [-0.15, -0.1) is 0 Å². The Morgan fingerprint density at radius 1 is 1.15 bits per heavy atom. The number of para-hydroxylation sites is 1. The van der Waals surface area contributed by atoms with Crippen LogP contribution in [0.1, 0.15) is 75.3 Å². The van der Waals surface area contributed by atoms with E-state index in [0.717, 1.165) is 37.2 Å². The van der Waals surface area contributed by atoms with Gasteiger partial charge >= 0.3 is 5.97 Å². The van der Waals surface area contributed by atoms with Crippen LogP contribution in [0.5, 0.6) is 5.75 Å². The highest BCUT2D eigenvalue weighted by atomic mass is 16.5. The highest BCUT2D eigenvalue weighted by Gasteiger charge is 2.23. The SMILES string of the molecule is [2H][C@@](CC(C)C)(NC(=O)Cc1ccc(C(=O)O)c(OCC)c1)c1ccccc1N1CCCCC1. The number of hydrogen-bond acceptors (Lipinski definition) is 4. The maximum atomic E-state index is 13.2. The van der Waals surface area contributed by atoms with Gasteiger partial charge in [-0.05, 0) is 67.9 Å². The Morgan fingerprint density at radius 3 is 2.55 bits per heavy atom. The number of piperidine rings is 1. The smallest absolute Gasteiger partial charge is 0.339 e. The predicted molar refractivity (Wildman–Crippen MR) is 131 cm³/mol. The molecule has 0 unspecified atom stereocenters. The molecular weight excluding hydrogens is 416 g/mol. The number of carbonyl (C=O) groups is 2. The molecule has 1 aliphatic rings. The number of amides is 1. The fraction of sp³-hybridized carbons (Fsp3) is 0.481. The first kappa shape index (κ1) is 23.1. The van der Waals surface area contributed by atoms with Gasteiger partial charge in [-0.2, -0.15) is 0 Å². The van der Waals surface area contributed by atoms with Crippen molar-refractivity contribution in [3.63, 3.8) is 0 Å². The number of hydrogen-bond donors (Lipinski definition) is 2. The summed E-state index contributed by atoms with van der Waals surface area (Å²) in [5.41, 5.74) is 2.54. The van der Waals surface area contributed by atoms with E-state index in [1.54, 1.807) is 19.1 Å². The van der Waals surface area contributed by atoms with Crippen LogP contribution < -0.4 is 15.0 Å². The lowest BCUT2D eigenvalue weighted by molar-refractivity contribution is -0.121. The van der Waals surface area contributed by atoms with Crippen LogP contribution in [-0.4, -0.2) is 36.7 Å². The van der Waals surface area contributed by atoms with Crippen LogP contribution in [0.25, 0.3) is 0 Å². The Hall–Kier alpha value is -3.02. The summed E-state index contributed by atoms with van der Waals surface area (Å²) < 4.78 is 14.9. The molecule has 1 atom stereocenters. The summed E-state index contributed by atoms with van der Waals surface area (Å²) >= 11 is 0. The Bertz CT molecular complexity index is 1000. The minimum Gasteiger partial charge on any atom is -0.493 e. The van der Waals surface area contributed by atoms with Crippen LogP contribution in [-0.2, 0) is 11.2 Å². The van der Waals surface area contributed by atoms with Gasteiger partial charge in [0.1, 0.15) is 11.3 Å². The van der Waals surface area contributed by atoms with Crippen LogP contribution in [0.4, 0.5) is 5.69 Å². The molecule has 0 spiro atoms. The van der Waals surface area contributed by atoms with Crippen molar-refractivity contribution in [3.05, 3.63) is 59.2 Å². The average molecular weight is 454 g/mol. The quantitative estimate of drug-likeness (QED) is 0.516. The average Bonchev–Trinajstić information content (AvgIpc) is 2.79. The van der Waals surface area contributed by atoms with Gasteiger partial charge < -0.3 is 20.1 Å². The molecule has 0 radical (unpaired) electrons. The van der Waals surface area contributed by atoms with Crippen LogP contribution in [0.3, 0.4) is 0 Å². The van der Waals surface area contributed by atoms with Gasteiger partial charge in [0.05, 0.1) is 20.4 Å². The third-order valence-electron chi connectivity index (χ3n) is 5.77. The first-order valence-corrected chi connectivity index (χ1v) is 11.9. The molecule has 1 heterocycles. The summed E-state index contributed by atoms with van der Waals surface area (Å²) in [5.74, 6) is -0.910. The Labute approximate surface area is 198 Å². The fourth-order valence-corrected chi connectivity index (χ4v) is 4.30. The number of nitrogens with zero attached hydrogens (tertiary/aromatic N) is 1. The highest BCUT2D eigenvalue weighted by molar-refractivity contribution is 5.91. The molecule has 1 saturated heterocycles. The third-order valence-corrected chi connectivity index (χ3v) is 5.77. The maximum Gasteiger partial charge on any atom is 0.339 e. The Balaban J connectivity index is 1.86. The van der Waals surface area contributed by atoms with Crippen LogP contribution in [0.2, 0.25) is 0 Å².